The first kappa shape index (κ1) is 19.6. The molecule has 2 fully saturated rings. The second-order valence-electron chi connectivity index (χ2n) is 7.35. The first-order chi connectivity index (χ1) is 13.0. The van der Waals surface area contributed by atoms with Crippen LogP contribution < -0.4 is 10.6 Å². The number of hydrogen-bond donors (Lipinski definition) is 2. The molecule has 0 unspecified atom stereocenters. The molecule has 0 aromatic carbocycles. The number of aromatic nitrogens is 1. The van der Waals surface area contributed by atoms with Gasteiger partial charge in [-0.3, -0.25) is 14.5 Å². The van der Waals surface area contributed by atoms with Crippen LogP contribution in [-0.2, 0) is 9.59 Å². The number of hydrogen-bond acceptors (Lipinski definition) is 5. The predicted octanol–water partition coefficient (Wildman–Crippen LogP) is 2.34. The Morgan fingerprint density at radius 3 is 2.59 bits per heavy atom. The Kier molecular flexibility index (Phi) is 6.30. The number of likely N-dealkylation sites (tertiary alicyclic amines) is 1. The van der Waals surface area contributed by atoms with Crippen molar-refractivity contribution in [3.63, 3.8) is 0 Å². The third-order valence-electron chi connectivity index (χ3n) is 5.35. The van der Waals surface area contributed by atoms with Gasteiger partial charge in [0.1, 0.15) is 11.4 Å². The molecule has 8 heteroatoms. The Morgan fingerprint density at radius 2 is 2.00 bits per heavy atom. The van der Waals surface area contributed by atoms with Gasteiger partial charge in [-0.1, -0.05) is 11.6 Å². The number of carbonyl (C=O) groups excluding carboxylic acids is 2. The molecule has 0 atom stereocenters. The van der Waals surface area contributed by atoms with Crippen LogP contribution in [0.15, 0.2) is 18.3 Å². The summed E-state index contributed by atoms with van der Waals surface area (Å²) in [6.07, 6.45) is 6.31. The number of nitrogens with one attached hydrogen (secondary N) is 2. The van der Waals surface area contributed by atoms with Gasteiger partial charge in [0.2, 0.25) is 11.8 Å². The Morgan fingerprint density at radius 1 is 1.30 bits per heavy atom. The summed E-state index contributed by atoms with van der Waals surface area (Å²) in [5.41, 5.74) is -0.680. The first-order valence-electron chi connectivity index (χ1n) is 9.37. The number of halogens is 1. The minimum Gasteiger partial charge on any atom is -0.337 e. The van der Waals surface area contributed by atoms with E-state index in [1.165, 1.54) is 6.20 Å². The Hall–Kier alpha value is -2.17. The Bertz CT molecular complexity index is 717. The molecule has 7 nitrogen and oxygen atoms in total. The number of anilines is 1. The molecule has 1 saturated heterocycles. The lowest BCUT2D eigenvalue weighted by Crippen LogP contribution is -2.50. The topological polar surface area (TPSA) is 98.1 Å². The number of nitrogens with zero attached hydrogens (tertiary/aromatic N) is 3. The lowest BCUT2D eigenvalue weighted by Gasteiger charge is -2.31. The van der Waals surface area contributed by atoms with E-state index in [1.54, 1.807) is 12.1 Å². The fourth-order valence-corrected chi connectivity index (χ4v) is 3.90. The molecule has 2 aliphatic rings. The molecule has 2 heterocycles. The van der Waals surface area contributed by atoms with Crippen molar-refractivity contribution in [2.75, 3.05) is 25.0 Å². The minimum atomic E-state index is -0.680. The van der Waals surface area contributed by atoms with Crippen LogP contribution in [0.25, 0.3) is 0 Å². The van der Waals surface area contributed by atoms with E-state index >= 15 is 0 Å². The molecule has 1 aromatic rings. The van der Waals surface area contributed by atoms with Crippen molar-refractivity contribution in [3.8, 4) is 6.07 Å². The van der Waals surface area contributed by atoms with Crippen LogP contribution in [0.2, 0.25) is 5.02 Å². The molecule has 0 spiro atoms. The van der Waals surface area contributed by atoms with Crippen molar-refractivity contribution in [2.45, 2.75) is 44.1 Å². The summed E-state index contributed by atoms with van der Waals surface area (Å²) in [5.74, 6) is 0.238. The summed E-state index contributed by atoms with van der Waals surface area (Å²) in [4.78, 5) is 30.8. The lowest BCUT2D eigenvalue weighted by atomic mass is 9.95. The van der Waals surface area contributed by atoms with E-state index in [-0.39, 0.29) is 24.3 Å². The molecule has 144 valence electrons. The third-order valence-corrected chi connectivity index (χ3v) is 5.58. The highest BCUT2D eigenvalue weighted by Crippen LogP contribution is 2.29. The van der Waals surface area contributed by atoms with Gasteiger partial charge in [-0.05, 0) is 63.7 Å². The van der Waals surface area contributed by atoms with Crippen molar-refractivity contribution >= 4 is 29.2 Å². The van der Waals surface area contributed by atoms with Crippen molar-refractivity contribution < 1.29 is 9.59 Å². The molecule has 0 radical (unpaired) electrons. The molecule has 27 heavy (non-hydrogen) atoms. The van der Waals surface area contributed by atoms with Gasteiger partial charge < -0.3 is 10.6 Å². The highest BCUT2D eigenvalue weighted by atomic mass is 35.5. The summed E-state index contributed by atoms with van der Waals surface area (Å²) in [7, 11) is 0. The molecular weight excluding hydrogens is 366 g/mol. The van der Waals surface area contributed by atoms with Gasteiger partial charge in [0, 0.05) is 12.1 Å². The van der Waals surface area contributed by atoms with Crippen LogP contribution in [0, 0.1) is 17.2 Å². The number of pyridine rings is 1. The molecule has 1 aromatic heterocycles. The summed E-state index contributed by atoms with van der Waals surface area (Å²) < 4.78 is 0. The maximum Gasteiger partial charge on any atom is 0.235 e. The maximum atomic E-state index is 12.4. The molecule has 2 amide bonds. The quantitative estimate of drug-likeness (QED) is 0.805. The normalized spacial score (nSPS) is 20.0. The van der Waals surface area contributed by atoms with Crippen LogP contribution in [0.5, 0.6) is 0 Å². The van der Waals surface area contributed by atoms with Gasteiger partial charge in [0.25, 0.3) is 0 Å². The monoisotopic (exact) mass is 389 g/mol. The third kappa shape index (κ3) is 5.18. The first-order valence-corrected chi connectivity index (χ1v) is 9.74. The van der Waals surface area contributed by atoms with Crippen LogP contribution in [0.3, 0.4) is 0 Å². The molecule has 0 bridgehead atoms. The zero-order valence-corrected chi connectivity index (χ0v) is 16.0. The Labute approximate surface area is 164 Å². The van der Waals surface area contributed by atoms with Gasteiger partial charge in [0.15, 0.2) is 0 Å². The molecule has 1 aliphatic heterocycles. The summed E-state index contributed by atoms with van der Waals surface area (Å²) in [6, 6.07) is 5.64. The summed E-state index contributed by atoms with van der Waals surface area (Å²) in [5, 5.41) is 15.6. The SMILES string of the molecule is N#CC1(NC(=O)CN2CCC(C(=O)Nc3ccc(Cl)cn3)CC2)CCCC1. The number of rotatable bonds is 5. The van der Waals surface area contributed by atoms with E-state index in [1.807, 2.05) is 4.90 Å². The predicted molar refractivity (Wildman–Crippen MR) is 102 cm³/mol. The van der Waals surface area contributed by atoms with Crippen molar-refractivity contribution in [1.82, 2.24) is 15.2 Å². The summed E-state index contributed by atoms with van der Waals surface area (Å²) >= 11 is 5.79. The smallest absolute Gasteiger partial charge is 0.235 e. The minimum absolute atomic E-state index is 0.0525. The lowest BCUT2D eigenvalue weighted by molar-refractivity contribution is -0.124. The maximum absolute atomic E-state index is 12.4. The van der Waals surface area contributed by atoms with E-state index in [9.17, 15) is 14.9 Å². The molecule has 3 rings (SSSR count). The highest BCUT2D eigenvalue weighted by molar-refractivity contribution is 6.30. The standard InChI is InChI=1S/C19H24ClN5O2/c20-15-3-4-16(22-11-15)23-18(27)14-5-9-25(10-6-14)12-17(26)24-19(13-21)7-1-2-8-19/h3-4,11,14H,1-2,5-10,12H2,(H,24,26)(H,22,23,27). The average molecular weight is 390 g/mol. The molecule has 2 N–H and O–H groups in total. The van der Waals surface area contributed by atoms with E-state index in [0.29, 0.717) is 36.8 Å². The largest absolute Gasteiger partial charge is 0.337 e. The number of piperidine rings is 1. The van der Waals surface area contributed by atoms with Crippen molar-refractivity contribution in [1.29, 1.82) is 5.26 Å². The van der Waals surface area contributed by atoms with E-state index < -0.39 is 5.54 Å². The van der Waals surface area contributed by atoms with Crippen LogP contribution in [-0.4, -0.2) is 46.9 Å². The molecule has 1 saturated carbocycles. The molecule has 1 aliphatic carbocycles. The van der Waals surface area contributed by atoms with E-state index in [4.69, 9.17) is 11.6 Å². The summed E-state index contributed by atoms with van der Waals surface area (Å²) in [6.45, 7) is 1.63. The van der Waals surface area contributed by atoms with Crippen LogP contribution in [0.4, 0.5) is 5.82 Å². The van der Waals surface area contributed by atoms with Gasteiger partial charge in [-0.15, -0.1) is 0 Å². The zero-order chi connectivity index (χ0) is 19.3. The van der Waals surface area contributed by atoms with Crippen molar-refractivity contribution in [2.24, 2.45) is 5.92 Å². The fourth-order valence-electron chi connectivity index (χ4n) is 3.78. The van der Waals surface area contributed by atoms with E-state index in [0.717, 1.165) is 25.7 Å². The van der Waals surface area contributed by atoms with Gasteiger partial charge in [0.05, 0.1) is 17.6 Å². The number of carbonyl (C=O) groups is 2. The zero-order valence-electron chi connectivity index (χ0n) is 15.2. The second-order valence-corrected chi connectivity index (χ2v) is 7.79. The number of nitriles is 1. The Balaban J connectivity index is 1.43. The van der Waals surface area contributed by atoms with Gasteiger partial charge in [-0.25, -0.2) is 4.98 Å². The average Bonchev–Trinajstić information content (AvgIpc) is 3.13. The second kappa shape index (κ2) is 8.68. The van der Waals surface area contributed by atoms with Crippen molar-refractivity contribution in [3.05, 3.63) is 23.4 Å². The molecular formula is C19H24ClN5O2. The number of amides is 2. The van der Waals surface area contributed by atoms with Crippen LogP contribution in [0.1, 0.15) is 38.5 Å². The van der Waals surface area contributed by atoms with Crippen LogP contribution >= 0.6 is 11.6 Å². The highest BCUT2D eigenvalue weighted by Gasteiger charge is 2.36. The van der Waals surface area contributed by atoms with E-state index in [2.05, 4.69) is 21.7 Å². The fraction of sp³-hybridized carbons (Fsp3) is 0.579. The van der Waals surface area contributed by atoms with Gasteiger partial charge >= 0.3 is 0 Å². The van der Waals surface area contributed by atoms with Gasteiger partial charge in [-0.2, -0.15) is 5.26 Å².